The maximum atomic E-state index is 13.5. The highest BCUT2D eigenvalue weighted by molar-refractivity contribution is 7.92. The molecule has 0 saturated carbocycles. The second-order valence-corrected chi connectivity index (χ2v) is 10.2. The van der Waals surface area contributed by atoms with Crippen molar-refractivity contribution in [3.63, 3.8) is 0 Å². The van der Waals surface area contributed by atoms with Crippen molar-refractivity contribution in [1.82, 2.24) is 0 Å². The fourth-order valence-electron chi connectivity index (χ4n) is 4.04. The summed E-state index contributed by atoms with van der Waals surface area (Å²) in [7, 11) is -4.42. The topological polar surface area (TPSA) is 57.7 Å². The van der Waals surface area contributed by atoms with Gasteiger partial charge in [-0.2, -0.15) is 13.2 Å². The predicted molar refractivity (Wildman–Crippen MR) is 125 cm³/mol. The lowest BCUT2D eigenvalue weighted by molar-refractivity contribution is -0.137. The van der Waals surface area contributed by atoms with E-state index in [4.69, 9.17) is 11.6 Å². The zero-order valence-corrected chi connectivity index (χ0v) is 19.5. The molecule has 3 aromatic carbocycles. The van der Waals surface area contributed by atoms with Crippen LogP contribution in [0.1, 0.15) is 18.1 Å². The van der Waals surface area contributed by atoms with Crippen LogP contribution in [-0.4, -0.2) is 26.9 Å². The van der Waals surface area contributed by atoms with Gasteiger partial charge in [-0.1, -0.05) is 48.0 Å². The molecule has 1 unspecified atom stereocenters. The summed E-state index contributed by atoms with van der Waals surface area (Å²) in [5.74, 6) is -0.578. The zero-order valence-electron chi connectivity index (χ0n) is 18.0. The average Bonchev–Trinajstić information content (AvgIpc) is 3.13. The molecule has 5 nitrogen and oxygen atoms in total. The van der Waals surface area contributed by atoms with Gasteiger partial charge in [-0.3, -0.25) is 9.10 Å². The highest BCUT2D eigenvalue weighted by atomic mass is 35.5. The van der Waals surface area contributed by atoms with Crippen LogP contribution >= 0.6 is 11.6 Å². The minimum absolute atomic E-state index is 0.175. The third kappa shape index (κ3) is 4.50. The number of fused-ring (bicyclic) bond motifs is 1. The van der Waals surface area contributed by atoms with Gasteiger partial charge in [0.15, 0.2) is 0 Å². The second kappa shape index (κ2) is 8.96. The van der Waals surface area contributed by atoms with E-state index in [1.165, 1.54) is 29.2 Å². The van der Waals surface area contributed by atoms with Crippen molar-refractivity contribution in [2.75, 3.05) is 15.7 Å². The summed E-state index contributed by atoms with van der Waals surface area (Å²) < 4.78 is 68.0. The number of carbonyl (C=O) groups is 1. The molecule has 3 aromatic rings. The average molecular weight is 509 g/mol. The summed E-state index contributed by atoms with van der Waals surface area (Å²) in [4.78, 5) is 14.7. The van der Waals surface area contributed by atoms with E-state index in [0.717, 1.165) is 17.7 Å². The number of alkyl halides is 3. The van der Waals surface area contributed by atoms with Gasteiger partial charge in [-0.25, -0.2) is 8.42 Å². The van der Waals surface area contributed by atoms with Gasteiger partial charge in [0.05, 0.1) is 21.2 Å². The number of amides is 1. The van der Waals surface area contributed by atoms with E-state index in [0.29, 0.717) is 22.5 Å². The van der Waals surface area contributed by atoms with Crippen LogP contribution in [0.5, 0.6) is 0 Å². The lowest BCUT2D eigenvalue weighted by Crippen LogP contribution is -2.45. The first-order valence-corrected chi connectivity index (χ1v) is 12.2. The molecule has 0 bridgehead atoms. The van der Waals surface area contributed by atoms with Gasteiger partial charge < -0.3 is 4.90 Å². The third-order valence-electron chi connectivity index (χ3n) is 5.63. The molecule has 0 spiro atoms. The molecule has 1 heterocycles. The standard InChI is InChI=1S/C24H20ClF3N2O3S/c1-16-13-17-7-5-6-10-21(17)30(16)23(31)15-29(34(32,33)19-8-3-2-4-9-19)22-14-18(24(26,27)28)11-12-20(22)25/h2-12,14,16H,13,15H2,1H3. The molecule has 0 N–H and O–H groups in total. The highest BCUT2D eigenvalue weighted by Gasteiger charge is 2.37. The van der Waals surface area contributed by atoms with E-state index in [1.54, 1.807) is 18.2 Å². The summed E-state index contributed by atoms with van der Waals surface area (Å²) in [5, 5.41) is -0.227. The van der Waals surface area contributed by atoms with Crippen LogP contribution in [0.4, 0.5) is 24.5 Å². The fraction of sp³-hybridized carbons (Fsp3) is 0.208. The molecular formula is C24H20ClF3N2O3S. The number of rotatable bonds is 5. The van der Waals surface area contributed by atoms with Gasteiger partial charge >= 0.3 is 6.18 Å². The van der Waals surface area contributed by atoms with Crippen molar-refractivity contribution in [2.45, 2.75) is 30.5 Å². The van der Waals surface area contributed by atoms with Crippen molar-refractivity contribution >= 4 is 38.9 Å². The van der Waals surface area contributed by atoms with Gasteiger partial charge in [0.1, 0.15) is 6.54 Å². The molecule has 178 valence electrons. The van der Waals surface area contributed by atoms with Crippen molar-refractivity contribution < 1.29 is 26.4 Å². The molecule has 34 heavy (non-hydrogen) atoms. The van der Waals surface area contributed by atoms with Crippen LogP contribution in [0.15, 0.2) is 77.7 Å². The predicted octanol–water partition coefficient (Wildman–Crippen LogP) is 5.53. The Labute approximate surface area is 200 Å². The molecule has 4 rings (SSSR count). The number of hydrogen-bond acceptors (Lipinski definition) is 3. The number of anilines is 2. The van der Waals surface area contributed by atoms with Gasteiger partial charge in [0, 0.05) is 11.7 Å². The Morgan fingerprint density at radius 1 is 1.06 bits per heavy atom. The Morgan fingerprint density at radius 2 is 1.71 bits per heavy atom. The quantitative estimate of drug-likeness (QED) is 0.455. The fourth-order valence-corrected chi connectivity index (χ4v) is 5.76. The van der Waals surface area contributed by atoms with Gasteiger partial charge in [0.2, 0.25) is 5.91 Å². The molecule has 0 radical (unpaired) electrons. The van der Waals surface area contributed by atoms with E-state index < -0.39 is 39.9 Å². The molecule has 1 aliphatic rings. The van der Waals surface area contributed by atoms with Crippen LogP contribution in [-0.2, 0) is 27.4 Å². The lowest BCUT2D eigenvalue weighted by atomic mass is 10.1. The first-order chi connectivity index (χ1) is 16.0. The SMILES string of the molecule is CC1Cc2ccccc2N1C(=O)CN(c1cc(C(F)(F)F)ccc1Cl)S(=O)(=O)c1ccccc1. The number of para-hydroxylation sites is 1. The monoisotopic (exact) mass is 508 g/mol. The Hall–Kier alpha value is -3.04. The lowest BCUT2D eigenvalue weighted by Gasteiger charge is -2.29. The highest BCUT2D eigenvalue weighted by Crippen LogP contribution is 2.38. The Bertz CT molecular complexity index is 1330. The van der Waals surface area contributed by atoms with Crippen molar-refractivity contribution in [3.8, 4) is 0 Å². The maximum Gasteiger partial charge on any atom is 0.416 e. The zero-order chi connectivity index (χ0) is 24.7. The van der Waals surface area contributed by atoms with Gasteiger partial charge in [-0.05, 0) is 55.3 Å². The molecule has 0 fully saturated rings. The third-order valence-corrected chi connectivity index (χ3v) is 7.72. The summed E-state index contributed by atoms with van der Waals surface area (Å²) in [5.41, 5.74) is 0.0754. The van der Waals surface area contributed by atoms with Crippen LogP contribution in [0.2, 0.25) is 5.02 Å². The number of sulfonamides is 1. The smallest absolute Gasteiger partial charge is 0.307 e. The summed E-state index contributed by atoms with van der Waals surface area (Å²) in [6, 6.07) is 16.6. The van der Waals surface area contributed by atoms with Crippen LogP contribution in [0.3, 0.4) is 0 Å². The van der Waals surface area contributed by atoms with Gasteiger partial charge in [0.25, 0.3) is 10.0 Å². The number of hydrogen-bond donors (Lipinski definition) is 0. The van der Waals surface area contributed by atoms with Crippen molar-refractivity contribution in [1.29, 1.82) is 0 Å². The molecule has 1 amide bonds. The number of benzene rings is 3. The van der Waals surface area contributed by atoms with E-state index in [-0.39, 0.29) is 16.0 Å². The number of nitrogens with zero attached hydrogens (tertiary/aromatic N) is 2. The van der Waals surface area contributed by atoms with Crippen LogP contribution in [0, 0.1) is 0 Å². The summed E-state index contributed by atoms with van der Waals surface area (Å²) in [6.45, 7) is 1.10. The Balaban J connectivity index is 1.81. The number of halogens is 4. The molecule has 0 aliphatic carbocycles. The largest absolute Gasteiger partial charge is 0.416 e. The van der Waals surface area contributed by atoms with E-state index in [2.05, 4.69) is 0 Å². The first kappa shape index (κ1) is 24.1. The van der Waals surface area contributed by atoms with E-state index in [9.17, 15) is 26.4 Å². The Kier molecular flexibility index (Phi) is 6.35. The van der Waals surface area contributed by atoms with Crippen LogP contribution < -0.4 is 9.21 Å². The van der Waals surface area contributed by atoms with Gasteiger partial charge in [-0.15, -0.1) is 0 Å². The Morgan fingerprint density at radius 3 is 2.38 bits per heavy atom. The van der Waals surface area contributed by atoms with Crippen molar-refractivity contribution in [3.05, 3.63) is 88.9 Å². The molecule has 0 saturated heterocycles. The molecule has 1 aliphatic heterocycles. The summed E-state index contributed by atoms with van der Waals surface area (Å²) >= 11 is 6.19. The number of carbonyl (C=O) groups excluding carboxylic acids is 1. The normalized spacial score (nSPS) is 15.8. The molecule has 1 atom stereocenters. The second-order valence-electron chi connectivity index (χ2n) is 7.93. The van der Waals surface area contributed by atoms with E-state index >= 15 is 0 Å². The molecule has 0 aromatic heterocycles. The van der Waals surface area contributed by atoms with Crippen molar-refractivity contribution in [2.24, 2.45) is 0 Å². The minimum Gasteiger partial charge on any atom is -0.307 e. The van der Waals surface area contributed by atoms with E-state index in [1.807, 2.05) is 19.1 Å². The molecular weight excluding hydrogens is 489 g/mol. The summed E-state index contributed by atoms with van der Waals surface area (Å²) in [6.07, 6.45) is -4.15. The maximum absolute atomic E-state index is 13.5. The minimum atomic E-state index is -4.73. The van der Waals surface area contributed by atoms with Crippen LogP contribution in [0.25, 0.3) is 0 Å². The first-order valence-electron chi connectivity index (χ1n) is 10.3. The molecule has 10 heteroatoms.